The van der Waals surface area contributed by atoms with Crippen LogP contribution in [0.25, 0.3) is 0 Å². The largest absolute Gasteiger partial charge is 0.486 e. The van der Waals surface area contributed by atoms with Crippen molar-refractivity contribution in [3.8, 4) is 17.2 Å². The summed E-state index contributed by atoms with van der Waals surface area (Å²) in [6, 6.07) is 13.4. The monoisotopic (exact) mass is 492 g/mol. The van der Waals surface area contributed by atoms with Crippen molar-refractivity contribution in [3.63, 3.8) is 0 Å². The summed E-state index contributed by atoms with van der Waals surface area (Å²) >= 11 is 1.32. The van der Waals surface area contributed by atoms with Gasteiger partial charge in [-0.2, -0.15) is 0 Å². The second-order valence-corrected chi connectivity index (χ2v) is 9.67. The first-order valence-corrected chi connectivity index (χ1v) is 12.7. The van der Waals surface area contributed by atoms with Crippen LogP contribution < -0.4 is 19.5 Å². The SMILES string of the molecule is C=CCn1c(COc2cccc(C)c2)nnc1SCC(=O)Nc1ccc2c(c1)OC1(CCCC1)O2. The zero-order valence-electron chi connectivity index (χ0n) is 19.7. The number of thioether (sulfide) groups is 1. The fourth-order valence-corrected chi connectivity index (χ4v) is 5.08. The molecule has 1 spiro atoms. The molecule has 1 N–H and O–H groups in total. The molecule has 1 aliphatic carbocycles. The van der Waals surface area contributed by atoms with Crippen LogP contribution in [0.3, 0.4) is 0 Å². The number of aryl methyl sites for hydroxylation is 1. The van der Waals surface area contributed by atoms with Gasteiger partial charge in [-0.05, 0) is 49.6 Å². The third kappa shape index (κ3) is 5.30. The zero-order valence-corrected chi connectivity index (χ0v) is 20.5. The van der Waals surface area contributed by atoms with E-state index in [2.05, 4.69) is 22.1 Å². The van der Waals surface area contributed by atoms with Gasteiger partial charge in [0.05, 0.1) is 5.75 Å². The number of nitrogens with zero attached hydrogens (tertiary/aromatic N) is 3. The summed E-state index contributed by atoms with van der Waals surface area (Å²) in [5.74, 6) is 2.39. The Labute approximate surface area is 208 Å². The van der Waals surface area contributed by atoms with Crippen LogP contribution in [-0.4, -0.2) is 32.2 Å². The van der Waals surface area contributed by atoms with Crippen LogP contribution in [0.2, 0.25) is 0 Å². The Morgan fingerprint density at radius 3 is 2.83 bits per heavy atom. The number of nitrogens with one attached hydrogen (secondary N) is 1. The molecular weight excluding hydrogens is 464 g/mol. The van der Waals surface area contributed by atoms with E-state index in [1.807, 2.05) is 54.0 Å². The number of allylic oxidation sites excluding steroid dienone is 1. The van der Waals surface area contributed by atoms with E-state index in [4.69, 9.17) is 14.2 Å². The lowest BCUT2D eigenvalue weighted by Crippen LogP contribution is -2.34. The molecule has 8 nitrogen and oxygen atoms in total. The van der Waals surface area contributed by atoms with Crippen molar-refractivity contribution in [1.82, 2.24) is 14.8 Å². The fraction of sp³-hybridized carbons (Fsp3) is 0.346. The van der Waals surface area contributed by atoms with Crippen LogP contribution in [-0.2, 0) is 17.9 Å². The Balaban J connectivity index is 1.18. The Morgan fingerprint density at radius 1 is 1.20 bits per heavy atom. The molecular formula is C26H28N4O4S. The summed E-state index contributed by atoms with van der Waals surface area (Å²) in [4.78, 5) is 12.6. The fourth-order valence-electron chi connectivity index (χ4n) is 4.31. The van der Waals surface area contributed by atoms with E-state index in [1.165, 1.54) is 11.8 Å². The van der Waals surface area contributed by atoms with Gasteiger partial charge in [0.25, 0.3) is 5.79 Å². The van der Waals surface area contributed by atoms with Crippen molar-refractivity contribution in [2.45, 2.75) is 56.7 Å². The maximum atomic E-state index is 12.6. The summed E-state index contributed by atoms with van der Waals surface area (Å²) in [5.41, 5.74) is 1.80. The Kier molecular flexibility index (Phi) is 6.68. The average Bonchev–Trinajstić information content (AvgIpc) is 3.55. The summed E-state index contributed by atoms with van der Waals surface area (Å²) in [6.07, 6.45) is 5.76. The molecule has 1 saturated carbocycles. The highest BCUT2D eigenvalue weighted by molar-refractivity contribution is 7.99. The van der Waals surface area contributed by atoms with Gasteiger partial charge in [-0.3, -0.25) is 9.36 Å². The van der Waals surface area contributed by atoms with Crippen molar-refractivity contribution in [1.29, 1.82) is 0 Å². The topological polar surface area (TPSA) is 87.5 Å². The summed E-state index contributed by atoms with van der Waals surface area (Å²) < 4.78 is 19.9. The lowest BCUT2D eigenvalue weighted by atomic mass is 10.2. The minimum atomic E-state index is -0.517. The number of hydrogen-bond acceptors (Lipinski definition) is 7. The molecule has 1 fully saturated rings. The number of ether oxygens (including phenoxy) is 3. The Bertz CT molecular complexity index is 1240. The smallest absolute Gasteiger partial charge is 0.251 e. The minimum Gasteiger partial charge on any atom is -0.486 e. The molecule has 0 saturated heterocycles. The van der Waals surface area contributed by atoms with Crippen molar-refractivity contribution in [3.05, 3.63) is 66.5 Å². The van der Waals surface area contributed by atoms with Crippen LogP contribution in [0.1, 0.15) is 37.1 Å². The summed E-state index contributed by atoms with van der Waals surface area (Å²) in [5, 5.41) is 12.1. The van der Waals surface area contributed by atoms with Gasteiger partial charge in [0.15, 0.2) is 22.5 Å². The van der Waals surface area contributed by atoms with Crippen LogP contribution in [0.15, 0.2) is 60.3 Å². The van der Waals surface area contributed by atoms with Crippen molar-refractivity contribution >= 4 is 23.4 Å². The number of aromatic nitrogens is 3. The quantitative estimate of drug-likeness (QED) is 0.327. The normalized spacial score (nSPS) is 15.3. The maximum Gasteiger partial charge on any atom is 0.251 e. The van der Waals surface area contributed by atoms with E-state index in [0.29, 0.717) is 29.0 Å². The molecule has 0 radical (unpaired) electrons. The molecule has 3 aromatic rings. The average molecular weight is 493 g/mol. The molecule has 2 heterocycles. The first-order valence-electron chi connectivity index (χ1n) is 11.7. The number of rotatable bonds is 9. The molecule has 0 atom stereocenters. The second kappa shape index (κ2) is 10.0. The number of anilines is 1. The van der Waals surface area contributed by atoms with E-state index >= 15 is 0 Å². The predicted molar refractivity (Wildman–Crippen MR) is 134 cm³/mol. The first-order chi connectivity index (χ1) is 17.0. The highest BCUT2D eigenvalue weighted by Gasteiger charge is 2.44. The van der Waals surface area contributed by atoms with E-state index in [1.54, 1.807) is 6.08 Å². The molecule has 1 amide bonds. The van der Waals surface area contributed by atoms with Gasteiger partial charge in [-0.1, -0.05) is 30.0 Å². The molecule has 1 aromatic heterocycles. The third-order valence-electron chi connectivity index (χ3n) is 5.98. The van der Waals surface area contributed by atoms with E-state index in [-0.39, 0.29) is 18.3 Å². The van der Waals surface area contributed by atoms with Gasteiger partial charge < -0.3 is 19.5 Å². The van der Waals surface area contributed by atoms with E-state index in [0.717, 1.165) is 42.7 Å². The summed E-state index contributed by atoms with van der Waals surface area (Å²) in [6.45, 7) is 6.64. The van der Waals surface area contributed by atoms with Gasteiger partial charge in [0, 0.05) is 31.1 Å². The second-order valence-electron chi connectivity index (χ2n) is 8.72. The number of fused-ring (bicyclic) bond motifs is 1. The highest BCUT2D eigenvalue weighted by atomic mass is 32.2. The molecule has 0 bridgehead atoms. The number of carbonyl (C=O) groups excluding carboxylic acids is 1. The predicted octanol–water partition coefficient (Wildman–Crippen LogP) is 5.12. The van der Waals surface area contributed by atoms with Gasteiger partial charge in [-0.15, -0.1) is 16.8 Å². The van der Waals surface area contributed by atoms with Gasteiger partial charge in [-0.25, -0.2) is 0 Å². The number of benzene rings is 2. The molecule has 2 aliphatic rings. The molecule has 5 rings (SSSR count). The minimum absolute atomic E-state index is 0.143. The molecule has 35 heavy (non-hydrogen) atoms. The lowest BCUT2D eigenvalue weighted by Gasteiger charge is -2.21. The lowest BCUT2D eigenvalue weighted by molar-refractivity contribution is -0.113. The van der Waals surface area contributed by atoms with Crippen molar-refractivity contribution in [2.24, 2.45) is 0 Å². The molecule has 1 aliphatic heterocycles. The zero-order chi connectivity index (χ0) is 24.3. The Hall–Kier alpha value is -3.46. The van der Waals surface area contributed by atoms with Gasteiger partial charge in [0.1, 0.15) is 12.4 Å². The molecule has 0 unspecified atom stereocenters. The standard InChI is InChI=1S/C26H28N4O4S/c1-3-13-30-23(16-32-20-8-6-7-18(2)14-20)28-29-25(30)35-17-24(31)27-19-9-10-21-22(15-19)34-26(33-21)11-4-5-12-26/h3,6-10,14-15H,1,4-5,11-13,16-17H2,2H3,(H,27,31). The number of amides is 1. The van der Waals surface area contributed by atoms with Crippen LogP contribution in [0.4, 0.5) is 5.69 Å². The Morgan fingerprint density at radius 2 is 2.03 bits per heavy atom. The third-order valence-corrected chi connectivity index (χ3v) is 6.95. The summed E-state index contributed by atoms with van der Waals surface area (Å²) in [7, 11) is 0. The van der Waals surface area contributed by atoms with Crippen LogP contribution in [0.5, 0.6) is 17.2 Å². The van der Waals surface area contributed by atoms with Crippen molar-refractivity contribution < 1.29 is 19.0 Å². The first kappa shape index (κ1) is 23.3. The number of hydrogen-bond donors (Lipinski definition) is 1. The maximum absolute atomic E-state index is 12.6. The molecule has 9 heteroatoms. The molecule has 2 aromatic carbocycles. The highest BCUT2D eigenvalue weighted by Crippen LogP contribution is 2.47. The molecule has 182 valence electrons. The van der Waals surface area contributed by atoms with E-state index < -0.39 is 5.79 Å². The van der Waals surface area contributed by atoms with Crippen LogP contribution >= 0.6 is 11.8 Å². The van der Waals surface area contributed by atoms with E-state index in [9.17, 15) is 4.79 Å². The number of carbonyl (C=O) groups is 1. The van der Waals surface area contributed by atoms with Gasteiger partial charge in [0.2, 0.25) is 5.91 Å². The van der Waals surface area contributed by atoms with Crippen LogP contribution in [0, 0.1) is 6.92 Å². The van der Waals surface area contributed by atoms with Crippen molar-refractivity contribution in [2.75, 3.05) is 11.1 Å². The van der Waals surface area contributed by atoms with Gasteiger partial charge >= 0.3 is 0 Å².